The van der Waals surface area contributed by atoms with Gasteiger partial charge in [0.05, 0.1) is 24.0 Å². The summed E-state index contributed by atoms with van der Waals surface area (Å²) in [6.45, 7) is -0.467. The fourth-order valence-corrected chi connectivity index (χ4v) is 1.97. The van der Waals surface area contributed by atoms with Crippen LogP contribution in [0.5, 0.6) is 0 Å². The van der Waals surface area contributed by atoms with Crippen LogP contribution >= 0.6 is 0 Å². The quantitative estimate of drug-likeness (QED) is 0.481. The maximum absolute atomic E-state index is 11.5. The SMILES string of the molecule is COC(=O)C(CO)Nc1ccc([N+](=O)[O-])c2ccncc12. The number of nitro benzene ring substituents is 1. The molecule has 8 heteroatoms. The highest BCUT2D eigenvalue weighted by Crippen LogP contribution is 2.31. The Hall–Kier alpha value is -2.74. The number of methoxy groups -OCH3 is 1. The van der Waals surface area contributed by atoms with Crippen molar-refractivity contribution in [2.75, 3.05) is 19.0 Å². The molecule has 0 aliphatic carbocycles. The second-order valence-corrected chi connectivity index (χ2v) is 4.21. The van der Waals surface area contributed by atoms with Crippen molar-refractivity contribution < 1.29 is 19.6 Å². The normalized spacial score (nSPS) is 11.9. The van der Waals surface area contributed by atoms with E-state index in [1.54, 1.807) is 0 Å². The predicted octanol–water partition coefficient (Wildman–Crippen LogP) is 1.09. The molecule has 1 atom stereocenters. The third-order valence-corrected chi connectivity index (χ3v) is 2.99. The number of non-ortho nitro benzene ring substituents is 1. The molecule has 1 unspecified atom stereocenters. The third kappa shape index (κ3) is 2.90. The standard InChI is InChI=1S/C13H13N3O5/c1-21-13(18)11(7-17)15-10-2-3-12(16(19)20)8-4-5-14-6-9(8)10/h2-6,11,15,17H,7H2,1H3. The van der Waals surface area contributed by atoms with Crippen LogP contribution in [0.25, 0.3) is 10.8 Å². The number of benzene rings is 1. The van der Waals surface area contributed by atoms with Crippen molar-refractivity contribution in [1.29, 1.82) is 0 Å². The van der Waals surface area contributed by atoms with Gasteiger partial charge in [-0.1, -0.05) is 0 Å². The molecule has 2 rings (SSSR count). The highest BCUT2D eigenvalue weighted by molar-refractivity contribution is 6.00. The van der Waals surface area contributed by atoms with Gasteiger partial charge in [-0.15, -0.1) is 0 Å². The molecule has 0 aliphatic rings. The summed E-state index contributed by atoms with van der Waals surface area (Å²) >= 11 is 0. The number of pyridine rings is 1. The Kier molecular flexibility index (Phi) is 4.29. The van der Waals surface area contributed by atoms with E-state index in [2.05, 4.69) is 15.0 Å². The third-order valence-electron chi connectivity index (χ3n) is 2.99. The highest BCUT2D eigenvalue weighted by Gasteiger charge is 2.20. The first kappa shape index (κ1) is 14.7. The van der Waals surface area contributed by atoms with Crippen molar-refractivity contribution in [1.82, 2.24) is 4.98 Å². The Morgan fingerprint density at radius 2 is 2.24 bits per heavy atom. The monoisotopic (exact) mass is 291 g/mol. The second-order valence-electron chi connectivity index (χ2n) is 4.21. The Labute approximate surface area is 119 Å². The fourth-order valence-electron chi connectivity index (χ4n) is 1.97. The molecule has 110 valence electrons. The van der Waals surface area contributed by atoms with E-state index in [4.69, 9.17) is 0 Å². The van der Waals surface area contributed by atoms with Crippen molar-refractivity contribution in [2.45, 2.75) is 6.04 Å². The average Bonchev–Trinajstić information content (AvgIpc) is 2.51. The number of hydrogen-bond donors (Lipinski definition) is 2. The number of nitrogens with one attached hydrogen (secondary N) is 1. The van der Waals surface area contributed by atoms with Gasteiger partial charge in [-0.25, -0.2) is 4.79 Å². The summed E-state index contributed by atoms with van der Waals surface area (Å²) < 4.78 is 4.56. The number of nitro groups is 1. The number of carbonyl (C=O) groups is 1. The van der Waals surface area contributed by atoms with Crippen LogP contribution in [0.1, 0.15) is 0 Å². The van der Waals surface area contributed by atoms with Crippen LogP contribution in [0.4, 0.5) is 11.4 Å². The second kappa shape index (κ2) is 6.14. The zero-order valence-electron chi connectivity index (χ0n) is 11.1. The molecule has 2 aromatic rings. The molecule has 0 saturated heterocycles. The number of aromatic nitrogens is 1. The zero-order valence-corrected chi connectivity index (χ0v) is 11.1. The molecule has 0 amide bonds. The predicted molar refractivity (Wildman–Crippen MR) is 74.9 cm³/mol. The lowest BCUT2D eigenvalue weighted by Gasteiger charge is -2.16. The molecule has 1 heterocycles. The number of anilines is 1. The van der Waals surface area contributed by atoms with E-state index >= 15 is 0 Å². The maximum atomic E-state index is 11.5. The lowest BCUT2D eigenvalue weighted by molar-refractivity contribution is -0.383. The van der Waals surface area contributed by atoms with Crippen LogP contribution in [0.15, 0.2) is 30.6 Å². The number of aliphatic hydroxyl groups is 1. The van der Waals surface area contributed by atoms with Gasteiger partial charge in [0.1, 0.15) is 6.04 Å². The number of nitrogens with zero attached hydrogens (tertiary/aromatic N) is 2. The lowest BCUT2D eigenvalue weighted by atomic mass is 10.1. The Morgan fingerprint density at radius 3 is 2.86 bits per heavy atom. The number of carbonyl (C=O) groups excluding carboxylic acids is 1. The number of fused-ring (bicyclic) bond motifs is 1. The molecule has 1 aromatic carbocycles. The molecular formula is C13H13N3O5. The topological polar surface area (TPSA) is 115 Å². The summed E-state index contributed by atoms with van der Waals surface area (Å²) in [5, 5.41) is 23.9. The maximum Gasteiger partial charge on any atom is 0.330 e. The molecular weight excluding hydrogens is 278 g/mol. The first-order valence-corrected chi connectivity index (χ1v) is 6.04. The van der Waals surface area contributed by atoms with Gasteiger partial charge in [0.2, 0.25) is 0 Å². The van der Waals surface area contributed by atoms with Gasteiger partial charge in [-0.05, 0) is 12.1 Å². The number of aliphatic hydroxyl groups excluding tert-OH is 1. The van der Waals surface area contributed by atoms with Gasteiger partial charge in [-0.2, -0.15) is 0 Å². The first-order valence-electron chi connectivity index (χ1n) is 6.04. The first-order chi connectivity index (χ1) is 10.1. The van der Waals surface area contributed by atoms with Crippen molar-refractivity contribution in [3.8, 4) is 0 Å². The molecule has 0 radical (unpaired) electrons. The van der Waals surface area contributed by atoms with Crippen LogP contribution < -0.4 is 5.32 Å². The van der Waals surface area contributed by atoms with E-state index in [0.717, 1.165) is 0 Å². The van der Waals surface area contributed by atoms with Crippen molar-refractivity contribution >= 4 is 28.1 Å². The van der Waals surface area contributed by atoms with E-state index in [-0.39, 0.29) is 5.69 Å². The molecule has 0 fully saturated rings. The summed E-state index contributed by atoms with van der Waals surface area (Å²) in [6.07, 6.45) is 2.90. The largest absolute Gasteiger partial charge is 0.467 e. The summed E-state index contributed by atoms with van der Waals surface area (Å²) in [6, 6.07) is 3.36. The van der Waals surface area contributed by atoms with E-state index in [9.17, 15) is 20.0 Å². The Balaban J connectivity index is 2.48. The molecule has 2 N–H and O–H groups in total. The fraction of sp³-hybridized carbons (Fsp3) is 0.231. The summed E-state index contributed by atoms with van der Waals surface area (Å²) in [5.74, 6) is -0.632. The van der Waals surface area contributed by atoms with Crippen LogP contribution in [0.2, 0.25) is 0 Å². The van der Waals surface area contributed by atoms with Gasteiger partial charge in [0, 0.05) is 29.5 Å². The molecule has 0 spiro atoms. The summed E-state index contributed by atoms with van der Waals surface area (Å²) in [5.41, 5.74) is 0.393. The molecule has 1 aromatic heterocycles. The van der Waals surface area contributed by atoms with Gasteiger partial charge < -0.3 is 15.2 Å². The van der Waals surface area contributed by atoms with Crippen LogP contribution in [0.3, 0.4) is 0 Å². The average molecular weight is 291 g/mol. The number of rotatable bonds is 5. The number of hydrogen-bond acceptors (Lipinski definition) is 7. The van der Waals surface area contributed by atoms with E-state index < -0.39 is 23.5 Å². The van der Waals surface area contributed by atoms with Gasteiger partial charge in [-0.3, -0.25) is 15.1 Å². The van der Waals surface area contributed by atoms with E-state index in [0.29, 0.717) is 16.5 Å². The van der Waals surface area contributed by atoms with Crippen molar-refractivity contribution in [3.63, 3.8) is 0 Å². The van der Waals surface area contributed by atoms with Crippen molar-refractivity contribution in [3.05, 3.63) is 40.7 Å². The van der Waals surface area contributed by atoms with Gasteiger partial charge >= 0.3 is 5.97 Å². The zero-order chi connectivity index (χ0) is 15.4. The smallest absolute Gasteiger partial charge is 0.330 e. The Morgan fingerprint density at radius 1 is 1.48 bits per heavy atom. The van der Waals surface area contributed by atoms with E-state index in [1.807, 2.05) is 0 Å². The summed E-state index contributed by atoms with van der Waals surface area (Å²) in [4.78, 5) is 25.9. The van der Waals surface area contributed by atoms with Gasteiger partial charge in [0.25, 0.3) is 5.69 Å². The van der Waals surface area contributed by atoms with Crippen LogP contribution in [-0.4, -0.2) is 40.7 Å². The van der Waals surface area contributed by atoms with Gasteiger partial charge in [0.15, 0.2) is 0 Å². The minimum Gasteiger partial charge on any atom is -0.467 e. The molecule has 21 heavy (non-hydrogen) atoms. The van der Waals surface area contributed by atoms with E-state index in [1.165, 1.54) is 37.7 Å². The number of esters is 1. The summed E-state index contributed by atoms with van der Waals surface area (Å²) in [7, 11) is 1.21. The minimum absolute atomic E-state index is 0.0587. The lowest BCUT2D eigenvalue weighted by Crippen LogP contribution is -2.34. The molecule has 0 bridgehead atoms. The molecule has 0 aliphatic heterocycles. The van der Waals surface area contributed by atoms with Crippen LogP contribution in [0, 0.1) is 10.1 Å². The molecule has 0 saturated carbocycles. The highest BCUT2D eigenvalue weighted by atomic mass is 16.6. The Bertz CT molecular complexity index is 689. The minimum atomic E-state index is -0.958. The number of ether oxygens (including phenoxy) is 1. The molecule has 8 nitrogen and oxygen atoms in total. The van der Waals surface area contributed by atoms with Crippen molar-refractivity contribution in [2.24, 2.45) is 0 Å². The van der Waals surface area contributed by atoms with Crippen LogP contribution in [-0.2, 0) is 9.53 Å².